The maximum Gasteiger partial charge on any atom is 0.325 e. The Morgan fingerprint density at radius 2 is 2.25 bits per heavy atom. The molecule has 16 heavy (non-hydrogen) atoms. The van der Waals surface area contributed by atoms with Gasteiger partial charge in [-0.1, -0.05) is 29.1 Å². The maximum atomic E-state index is 11.0. The summed E-state index contributed by atoms with van der Waals surface area (Å²) in [5, 5.41) is 12.5. The predicted molar refractivity (Wildman–Crippen MR) is 63.7 cm³/mol. The molecule has 1 unspecified atom stereocenters. The van der Waals surface area contributed by atoms with E-state index in [-0.39, 0.29) is 6.54 Å². The molecule has 0 amide bonds. The molecule has 1 aromatic rings. The lowest BCUT2D eigenvalue weighted by Gasteiger charge is -2.14. The van der Waals surface area contributed by atoms with E-state index in [0.29, 0.717) is 15.6 Å². The highest BCUT2D eigenvalue weighted by molar-refractivity contribution is 6.33. The number of halogens is 2. The molecule has 0 aliphatic carbocycles. The molecule has 1 rings (SSSR count). The Morgan fingerprint density at radius 1 is 1.56 bits per heavy atom. The number of nitrogens with one attached hydrogen (secondary N) is 1. The summed E-state index contributed by atoms with van der Waals surface area (Å²) in [4.78, 5) is 11.0. The average molecular weight is 258 g/mol. The first-order chi connectivity index (χ1) is 7.56. The molecule has 84 valence electrons. The number of carbonyl (C=O) groups is 1. The van der Waals surface area contributed by atoms with Crippen LogP contribution in [0.25, 0.3) is 0 Å². The summed E-state index contributed by atoms with van der Waals surface area (Å²) >= 11 is 11.7. The van der Waals surface area contributed by atoms with Gasteiger partial charge in [-0.25, -0.2) is 0 Å². The Morgan fingerprint density at radius 3 is 2.81 bits per heavy atom. The monoisotopic (exact) mass is 257 g/mol. The molecule has 1 aromatic carbocycles. The van der Waals surface area contributed by atoms with Gasteiger partial charge in [0.15, 0.2) is 0 Å². The normalized spacial score (nSPS) is 11.8. The van der Waals surface area contributed by atoms with Crippen LogP contribution in [-0.4, -0.2) is 17.6 Å². The summed E-state index contributed by atoms with van der Waals surface area (Å²) < 4.78 is 0. The SMILES string of the molecule is C#CCNC(C(=O)O)c1cc(Cl)ccc1Cl. The van der Waals surface area contributed by atoms with E-state index < -0.39 is 12.0 Å². The van der Waals surface area contributed by atoms with Gasteiger partial charge in [0.25, 0.3) is 0 Å². The summed E-state index contributed by atoms with van der Waals surface area (Å²) in [6.07, 6.45) is 5.06. The highest BCUT2D eigenvalue weighted by Gasteiger charge is 2.21. The van der Waals surface area contributed by atoms with Crippen molar-refractivity contribution in [2.45, 2.75) is 6.04 Å². The maximum absolute atomic E-state index is 11.0. The number of aliphatic carboxylic acids is 1. The minimum Gasteiger partial charge on any atom is -0.480 e. The molecule has 0 fully saturated rings. The van der Waals surface area contributed by atoms with E-state index in [2.05, 4.69) is 11.2 Å². The smallest absolute Gasteiger partial charge is 0.325 e. The fraction of sp³-hybridized carbons (Fsp3) is 0.182. The molecule has 0 aliphatic rings. The lowest BCUT2D eigenvalue weighted by Crippen LogP contribution is -2.29. The topological polar surface area (TPSA) is 49.3 Å². The van der Waals surface area contributed by atoms with Crippen LogP contribution in [0.5, 0.6) is 0 Å². The molecule has 0 aliphatic heterocycles. The zero-order valence-corrected chi connectivity index (χ0v) is 9.72. The van der Waals surface area contributed by atoms with Crippen LogP contribution in [0.1, 0.15) is 11.6 Å². The molecular weight excluding hydrogens is 249 g/mol. The van der Waals surface area contributed by atoms with Gasteiger partial charge >= 0.3 is 5.97 Å². The van der Waals surface area contributed by atoms with Crippen molar-refractivity contribution in [2.24, 2.45) is 0 Å². The number of rotatable bonds is 4. The number of terminal acetylenes is 1. The third-order valence-electron chi connectivity index (χ3n) is 1.92. The van der Waals surface area contributed by atoms with Crippen molar-refractivity contribution >= 4 is 29.2 Å². The predicted octanol–water partition coefficient (Wildman–Crippen LogP) is 2.34. The summed E-state index contributed by atoms with van der Waals surface area (Å²) in [6.45, 7) is 0.139. The Hall–Kier alpha value is -1.21. The van der Waals surface area contributed by atoms with Gasteiger partial charge in [-0.2, -0.15) is 0 Å². The van der Waals surface area contributed by atoms with Crippen LogP contribution in [0, 0.1) is 12.3 Å². The molecular formula is C11H9Cl2NO2. The fourth-order valence-electron chi connectivity index (χ4n) is 1.23. The first-order valence-electron chi connectivity index (χ1n) is 4.41. The van der Waals surface area contributed by atoms with Gasteiger partial charge in [0.05, 0.1) is 6.54 Å². The van der Waals surface area contributed by atoms with Gasteiger partial charge in [0.2, 0.25) is 0 Å². The zero-order valence-electron chi connectivity index (χ0n) is 8.21. The van der Waals surface area contributed by atoms with Crippen LogP contribution in [0.3, 0.4) is 0 Å². The molecule has 0 aromatic heterocycles. The molecule has 2 N–H and O–H groups in total. The number of carboxylic acid groups (broad SMARTS) is 1. The van der Waals surface area contributed by atoms with E-state index in [4.69, 9.17) is 34.7 Å². The van der Waals surface area contributed by atoms with Gasteiger partial charge in [0.1, 0.15) is 6.04 Å². The highest BCUT2D eigenvalue weighted by Crippen LogP contribution is 2.26. The van der Waals surface area contributed by atoms with Gasteiger partial charge in [-0.3, -0.25) is 10.1 Å². The molecule has 0 saturated heterocycles. The summed E-state index contributed by atoms with van der Waals surface area (Å²) in [6, 6.07) is 3.69. The second-order valence-corrected chi connectivity index (χ2v) is 3.87. The molecule has 0 radical (unpaired) electrons. The van der Waals surface area contributed by atoms with Crippen molar-refractivity contribution in [2.75, 3.05) is 6.54 Å². The van der Waals surface area contributed by atoms with E-state index in [1.54, 1.807) is 12.1 Å². The van der Waals surface area contributed by atoms with Crippen LogP contribution in [0.2, 0.25) is 10.0 Å². The van der Waals surface area contributed by atoms with Crippen LogP contribution in [-0.2, 0) is 4.79 Å². The van der Waals surface area contributed by atoms with Gasteiger partial charge in [0, 0.05) is 15.6 Å². The van der Waals surface area contributed by atoms with Crippen molar-refractivity contribution in [3.8, 4) is 12.3 Å². The third kappa shape index (κ3) is 3.14. The standard InChI is InChI=1S/C11H9Cl2NO2/c1-2-5-14-10(11(15)16)8-6-7(12)3-4-9(8)13/h1,3-4,6,10,14H,5H2,(H,15,16). The molecule has 1 atom stereocenters. The Labute approximate surface area is 103 Å². The van der Waals surface area contributed by atoms with Crippen molar-refractivity contribution in [1.29, 1.82) is 0 Å². The number of hydrogen-bond acceptors (Lipinski definition) is 2. The lowest BCUT2D eigenvalue weighted by molar-refractivity contribution is -0.139. The van der Waals surface area contributed by atoms with Crippen molar-refractivity contribution in [3.63, 3.8) is 0 Å². The van der Waals surface area contributed by atoms with Crippen molar-refractivity contribution < 1.29 is 9.90 Å². The zero-order chi connectivity index (χ0) is 12.1. The van der Waals surface area contributed by atoms with E-state index in [1.807, 2.05) is 0 Å². The van der Waals surface area contributed by atoms with E-state index in [9.17, 15) is 4.79 Å². The highest BCUT2D eigenvalue weighted by atomic mass is 35.5. The summed E-state index contributed by atoms with van der Waals surface area (Å²) in [7, 11) is 0. The van der Waals surface area contributed by atoms with E-state index in [0.717, 1.165) is 0 Å². The molecule has 5 heteroatoms. The number of carboxylic acids is 1. The lowest BCUT2D eigenvalue weighted by atomic mass is 10.1. The van der Waals surface area contributed by atoms with E-state index in [1.165, 1.54) is 6.07 Å². The summed E-state index contributed by atoms with van der Waals surface area (Å²) in [5.74, 6) is 1.25. The van der Waals surface area contributed by atoms with Gasteiger partial charge in [-0.05, 0) is 18.2 Å². The fourth-order valence-corrected chi connectivity index (χ4v) is 1.63. The average Bonchev–Trinajstić information content (AvgIpc) is 2.23. The Bertz CT molecular complexity index is 440. The quantitative estimate of drug-likeness (QED) is 0.815. The third-order valence-corrected chi connectivity index (χ3v) is 2.50. The van der Waals surface area contributed by atoms with Crippen LogP contribution in [0.4, 0.5) is 0 Å². The van der Waals surface area contributed by atoms with Crippen molar-refractivity contribution in [3.05, 3.63) is 33.8 Å². The number of hydrogen-bond donors (Lipinski definition) is 2. The molecule has 3 nitrogen and oxygen atoms in total. The van der Waals surface area contributed by atoms with Crippen LogP contribution < -0.4 is 5.32 Å². The van der Waals surface area contributed by atoms with E-state index >= 15 is 0 Å². The molecule has 0 bridgehead atoms. The van der Waals surface area contributed by atoms with Crippen LogP contribution >= 0.6 is 23.2 Å². The second-order valence-electron chi connectivity index (χ2n) is 3.02. The molecule has 0 heterocycles. The minimum absolute atomic E-state index is 0.139. The van der Waals surface area contributed by atoms with Crippen molar-refractivity contribution in [1.82, 2.24) is 5.32 Å². The van der Waals surface area contributed by atoms with Gasteiger partial charge in [-0.15, -0.1) is 6.42 Å². The largest absolute Gasteiger partial charge is 0.480 e. The Balaban J connectivity index is 3.06. The first-order valence-corrected chi connectivity index (χ1v) is 5.16. The number of benzene rings is 1. The summed E-state index contributed by atoms with van der Waals surface area (Å²) in [5.41, 5.74) is 0.400. The van der Waals surface area contributed by atoms with Gasteiger partial charge < -0.3 is 5.11 Å². The first kappa shape index (κ1) is 12.9. The molecule has 0 saturated carbocycles. The molecule has 0 spiro atoms. The minimum atomic E-state index is -1.06. The second kappa shape index (κ2) is 5.76. The van der Waals surface area contributed by atoms with Crippen LogP contribution in [0.15, 0.2) is 18.2 Å². The Kier molecular flexibility index (Phi) is 4.63.